The van der Waals surface area contributed by atoms with Gasteiger partial charge in [-0.15, -0.1) is 0 Å². The maximum absolute atomic E-state index is 11.6. The number of rotatable bonds is 6. The van der Waals surface area contributed by atoms with Crippen LogP contribution in [-0.4, -0.2) is 50.0 Å². The third-order valence-electron chi connectivity index (χ3n) is 2.57. The molecule has 5 nitrogen and oxygen atoms in total. The summed E-state index contributed by atoms with van der Waals surface area (Å²) < 4.78 is 5.25. The second-order valence-corrected chi connectivity index (χ2v) is 4.26. The van der Waals surface area contributed by atoms with E-state index in [0.717, 1.165) is 19.4 Å². The van der Waals surface area contributed by atoms with E-state index >= 15 is 0 Å². The summed E-state index contributed by atoms with van der Waals surface area (Å²) in [5, 5.41) is 14.9. The third-order valence-corrected chi connectivity index (χ3v) is 2.57. The Labute approximate surface area is 96.6 Å². The Morgan fingerprint density at radius 1 is 1.56 bits per heavy atom. The third kappa shape index (κ3) is 5.44. The highest BCUT2D eigenvalue weighted by Crippen LogP contribution is 2.12. The van der Waals surface area contributed by atoms with Gasteiger partial charge in [-0.1, -0.05) is 0 Å². The van der Waals surface area contributed by atoms with E-state index in [1.807, 2.05) is 0 Å². The molecule has 0 aliphatic carbocycles. The van der Waals surface area contributed by atoms with Gasteiger partial charge in [0, 0.05) is 26.2 Å². The summed E-state index contributed by atoms with van der Waals surface area (Å²) in [5.74, 6) is 0.101. The number of aliphatic hydroxyl groups excluding tert-OH is 1. The van der Waals surface area contributed by atoms with Gasteiger partial charge in [0.25, 0.3) is 0 Å². The molecule has 1 fully saturated rings. The molecule has 1 amide bonds. The van der Waals surface area contributed by atoms with Crippen LogP contribution in [-0.2, 0) is 9.53 Å². The van der Waals surface area contributed by atoms with E-state index in [-0.39, 0.29) is 17.9 Å². The van der Waals surface area contributed by atoms with Crippen LogP contribution in [0.1, 0.15) is 19.8 Å². The first kappa shape index (κ1) is 13.4. The molecule has 1 aliphatic heterocycles. The molecule has 1 heterocycles. The summed E-state index contributed by atoms with van der Waals surface area (Å²) in [7, 11) is 0. The molecule has 16 heavy (non-hydrogen) atoms. The van der Waals surface area contributed by atoms with Crippen LogP contribution in [0.5, 0.6) is 0 Å². The fourth-order valence-corrected chi connectivity index (χ4v) is 1.68. The molecule has 1 saturated heterocycles. The zero-order valence-electron chi connectivity index (χ0n) is 9.87. The highest BCUT2D eigenvalue weighted by Gasteiger charge is 2.20. The molecule has 5 heteroatoms. The van der Waals surface area contributed by atoms with Crippen molar-refractivity contribution in [2.24, 2.45) is 5.92 Å². The van der Waals surface area contributed by atoms with Gasteiger partial charge in [0.15, 0.2) is 0 Å². The van der Waals surface area contributed by atoms with E-state index in [9.17, 15) is 4.79 Å². The quantitative estimate of drug-likeness (QED) is 0.538. The van der Waals surface area contributed by atoms with Crippen LogP contribution in [0.4, 0.5) is 0 Å². The number of aliphatic hydroxyl groups is 1. The second-order valence-electron chi connectivity index (χ2n) is 4.26. The van der Waals surface area contributed by atoms with Gasteiger partial charge in [-0.05, 0) is 19.8 Å². The monoisotopic (exact) mass is 230 g/mol. The summed E-state index contributed by atoms with van der Waals surface area (Å²) in [4.78, 5) is 11.6. The number of nitrogens with one attached hydrogen (secondary N) is 2. The molecular weight excluding hydrogens is 208 g/mol. The zero-order valence-corrected chi connectivity index (χ0v) is 9.87. The SMILES string of the molecule is CC(O)CNCCNC(=O)C1CCCOC1. The van der Waals surface area contributed by atoms with Crippen LogP contribution >= 0.6 is 0 Å². The van der Waals surface area contributed by atoms with Crippen molar-refractivity contribution >= 4 is 5.91 Å². The first-order chi connectivity index (χ1) is 7.70. The number of ether oxygens (including phenoxy) is 1. The zero-order chi connectivity index (χ0) is 11.8. The van der Waals surface area contributed by atoms with Crippen molar-refractivity contribution < 1.29 is 14.6 Å². The molecule has 0 saturated carbocycles. The van der Waals surface area contributed by atoms with Gasteiger partial charge in [-0.3, -0.25) is 4.79 Å². The van der Waals surface area contributed by atoms with Crippen molar-refractivity contribution in [3.05, 3.63) is 0 Å². The van der Waals surface area contributed by atoms with Crippen molar-refractivity contribution in [2.45, 2.75) is 25.9 Å². The Morgan fingerprint density at radius 3 is 3.00 bits per heavy atom. The topological polar surface area (TPSA) is 70.6 Å². The van der Waals surface area contributed by atoms with Crippen LogP contribution in [0.25, 0.3) is 0 Å². The fraction of sp³-hybridized carbons (Fsp3) is 0.909. The van der Waals surface area contributed by atoms with Gasteiger partial charge >= 0.3 is 0 Å². The molecular formula is C11H22N2O3. The minimum atomic E-state index is -0.345. The average molecular weight is 230 g/mol. The summed E-state index contributed by atoms with van der Waals surface area (Å²) >= 11 is 0. The Balaban J connectivity index is 2.01. The molecule has 0 aromatic carbocycles. The standard InChI is InChI=1S/C11H22N2O3/c1-9(14)7-12-4-5-13-11(15)10-3-2-6-16-8-10/h9-10,12,14H,2-8H2,1H3,(H,13,15). The molecule has 1 aliphatic rings. The molecule has 0 radical (unpaired) electrons. The maximum atomic E-state index is 11.6. The van der Waals surface area contributed by atoms with Crippen LogP contribution in [0.3, 0.4) is 0 Å². The van der Waals surface area contributed by atoms with Crippen molar-refractivity contribution in [2.75, 3.05) is 32.8 Å². The molecule has 0 bridgehead atoms. The molecule has 94 valence electrons. The van der Waals surface area contributed by atoms with Crippen molar-refractivity contribution in [1.82, 2.24) is 10.6 Å². The number of amides is 1. The predicted molar refractivity (Wildman–Crippen MR) is 61.1 cm³/mol. The predicted octanol–water partition coefficient (Wildman–Crippen LogP) is -0.500. The van der Waals surface area contributed by atoms with Gasteiger partial charge in [0.2, 0.25) is 5.91 Å². The molecule has 1 rings (SSSR count). The van der Waals surface area contributed by atoms with E-state index in [4.69, 9.17) is 9.84 Å². The minimum absolute atomic E-state index is 0.0190. The number of hydrogen-bond donors (Lipinski definition) is 3. The fourth-order valence-electron chi connectivity index (χ4n) is 1.68. The smallest absolute Gasteiger partial charge is 0.225 e. The summed E-state index contributed by atoms with van der Waals surface area (Å²) in [6.07, 6.45) is 1.55. The number of hydrogen-bond acceptors (Lipinski definition) is 4. The normalized spacial score (nSPS) is 22.8. The van der Waals surface area contributed by atoms with Crippen LogP contribution in [0.15, 0.2) is 0 Å². The van der Waals surface area contributed by atoms with Gasteiger partial charge < -0.3 is 20.5 Å². The van der Waals surface area contributed by atoms with Crippen LogP contribution in [0, 0.1) is 5.92 Å². The Morgan fingerprint density at radius 2 is 2.38 bits per heavy atom. The van der Waals surface area contributed by atoms with Gasteiger partial charge in [0.05, 0.1) is 18.6 Å². The van der Waals surface area contributed by atoms with E-state index in [1.54, 1.807) is 6.92 Å². The number of carbonyl (C=O) groups is 1. The average Bonchev–Trinajstić information content (AvgIpc) is 2.29. The highest BCUT2D eigenvalue weighted by molar-refractivity contribution is 5.78. The summed E-state index contributed by atoms with van der Waals surface area (Å²) in [5.41, 5.74) is 0. The number of carbonyl (C=O) groups excluding carboxylic acids is 1. The highest BCUT2D eigenvalue weighted by atomic mass is 16.5. The molecule has 0 aromatic heterocycles. The van der Waals surface area contributed by atoms with Gasteiger partial charge in [0.1, 0.15) is 0 Å². The van der Waals surface area contributed by atoms with Crippen LogP contribution in [0.2, 0.25) is 0 Å². The first-order valence-electron chi connectivity index (χ1n) is 5.94. The lowest BCUT2D eigenvalue weighted by Gasteiger charge is -2.21. The largest absolute Gasteiger partial charge is 0.392 e. The van der Waals surface area contributed by atoms with E-state index in [2.05, 4.69) is 10.6 Å². The lowest BCUT2D eigenvalue weighted by molar-refractivity contribution is -0.128. The summed E-state index contributed by atoms with van der Waals surface area (Å²) in [6.45, 7) is 4.90. The van der Waals surface area contributed by atoms with E-state index < -0.39 is 0 Å². The summed E-state index contributed by atoms with van der Waals surface area (Å²) in [6, 6.07) is 0. The minimum Gasteiger partial charge on any atom is -0.392 e. The molecule has 3 N–H and O–H groups in total. The lowest BCUT2D eigenvalue weighted by Crippen LogP contribution is -2.39. The maximum Gasteiger partial charge on any atom is 0.225 e. The Kier molecular flexibility index (Phi) is 6.37. The van der Waals surface area contributed by atoms with Crippen molar-refractivity contribution in [1.29, 1.82) is 0 Å². The van der Waals surface area contributed by atoms with Gasteiger partial charge in [-0.25, -0.2) is 0 Å². The first-order valence-corrected chi connectivity index (χ1v) is 5.94. The van der Waals surface area contributed by atoms with E-state index in [1.165, 1.54) is 0 Å². The van der Waals surface area contributed by atoms with E-state index in [0.29, 0.717) is 26.2 Å². The molecule has 0 spiro atoms. The lowest BCUT2D eigenvalue weighted by atomic mass is 10.0. The van der Waals surface area contributed by atoms with Crippen LogP contribution < -0.4 is 10.6 Å². The molecule has 0 aromatic rings. The Hall–Kier alpha value is -0.650. The van der Waals surface area contributed by atoms with Gasteiger partial charge in [-0.2, -0.15) is 0 Å². The Bertz CT molecular complexity index is 203. The second kappa shape index (κ2) is 7.60. The van der Waals surface area contributed by atoms with Crippen molar-refractivity contribution in [3.63, 3.8) is 0 Å². The molecule has 2 unspecified atom stereocenters. The molecule has 2 atom stereocenters. The van der Waals surface area contributed by atoms with Crippen molar-refractivity contribution in [3.8, 4) is 0 Å².